The smallest absolute Gasteiger partial charge is 0.266 e. The monoisotopic (exact) mass is 514 g/mol. The predicted molar refractivity (Wildman–Crippen MR) is 137 cm³/mol. The fraction of sp³-hybridized carbons (Fsp3) is 0.154. The van der Waals surface area contributed by atoms with E-state index in [1.165, 1.54) is 6.08 Å². The van der Waals surface area contributed by atoms with Gasteiger partial charge < -0.3 is 14.8 Å². The Bertz CT molecular complexity index is 1250. The largest absolute Gasteiger partial charge is 0.490 e. The first-order valence-electron chi connectivity index (χ1n) is 10.3. The molecule has 0 bridgehead atoms. The van der Waals surface area contributed by atoms with Crippen LogP contribution >= 0.6 is 34.8 Å². The van der Waals surface area contributed by atoms with Crippen molar-refractivity contribution >= 4 is 52.5 Å². The summed E-state index contributed by atoms with van der Waals surface area (Å²) in [4.78, 5) is 12.7. The molecule has 3 aromatic rings. The predicted octanol–water partition coefficient (Wildman–Crippen LogP) is 7.56. The molecule has 0 saturated carbocycles. The van der Waals surface area contributed by atoms with Gasteiger partial charge in [-0.05, 0) is 74.5 Å². The second-order valence-electron chi connectivity index (χ2n) is 7.52. The highest BCUT2D eigenvalue weighted by atomic mass is 35.5. The molecule has 3 aromatic carbocycles. The van der Waals surface area contributed by atoms with Gasteiger partial charge in [-0.2, -0.15) is 5.26 Å². The molecule has 5 nitrogen and oxygen atoms in total. The first kappa shape index (κ1) is 25.5. The van der Waals surface area contributed by atoms with Crippen LogP contribution in [0.5, 0.6) is 11.5 Å². The molecule has 0 unspecified atom stereocenters. The van der Waals surface area contributed by atoms with Gasteiger partial charge in [-0.25, -0.2) is 0 Å². The zero-order valence-corrected chi connectivity index (χ0v) is 20.7. The number of nitrogens with one attached hydrogen (secondary N) is 1. The van der Waals surface area contributed by atoms with E-state index in [9.17, 15) is 10.1 Å². The Labute approximate surface area is 213 Å². The molecule has 0 spiro atoms. The number of anilines is 1. The molecule has 0 atom stereocenters. The topological polar surface area (TPSA) is 71.3 Å². The maximum Gasteiger partial charge on any atom is 0.266 e. The van der Waals surface area contributed by atoms with Crippen LogP contribution in [0.15, 0.2) is 66.2 Å². The van der Waals surface area contributed by atoms with Crippen LogP contribution in [0, 0.1) is 11.3 Å². The van der Waals surface area contributed by atoms with Crippen LogP contribution in [0.1, 0.15) is 25.0 Å². The summed E-state index contributed by atoms with van der Waals surface area (Å²) in [6, 6.07) is 18.9. The third-order valence-corrected chi connectivity index (χ3v) is 5.34. The van der Waals surface area contributed by atoms with Crippen LogP contribution in [0.3, 0.4) is 0 Å². The number of halogens is 3. The van der Waals surface area contributed by atoms with Gasteiger partial charge in [0.15, 0.2) is 0 Å². The number of benzene rings is 3. The molecule has 174 valence electrons. The number of hydrogen-bond donors (Lipinski definition) is 1. The van der Waals surface area contributed by atoms with Gasteiger partial charge in [0.25, 0.3) is 5.91 Å². The number of nitriles is 1. The quantitative estimate of drug-likeness (QED) is 0.248. The van der Waals surface area contributed by atoms with Crippen molar-refractivity contribution in [3.05, 3.63) is 92.4 Å². The molecule has 0 radical (unpaired) electrons. The molecule has 0 aliphatic rings. The van der Waals surface area contributed by atoms with Crippen LogP contribution < -0.4 is 14.8 Å². The summed E-state index contributed by atoms with van der Waals surface area (Å²) in [7, 11) is 0. The molecule has 0 aliphatic heterocycles. The fourth-order valence-corrected chi connectivity index (χ4v) is 3.57. The second-order valence-corrected chi connectivity index (χ2v) is 8.80. The molecule has 1 amide bonds. The van der Waals surface area contributed by atoms with E-state index < -0.39 is 5.91 Å². The van der Waals surface area contributed by atoms with Crippen molar-refractivity contribution < 1.29 is 14.3 Å². The Balaban J connectivity index is 1.68. The first-order chi connectivity index (χ1) is 16.2. The molecule has 0 aliphatic carbocycles. The van der Waals surface area contributed by atoms with Gasteiger partial charge in [-0.15, -0.1) is 0 Å². The van der Waals surface area contributed by atoms with Crippen molar-refractivity contribution in [2.75, 3.05) is 5.32 Å². The van der Waals surface area contributed by atoms with Crippen molar-refractivity contribution in [2.24, 2.45) is 0 Å². The van der Waals surface area contributed by atoms with Crippen LogP contribution in [0.25, 0.3) is 6.08 Å². The van der Waals surface area contributed by atoms with Crippen LogP contribution in [-0.2, 0) is 11.4 Å². The van der Waals surface area contributed by atoms with Gasteiger partial charge in [0.1, 0.15) is 29.7 Å². The van der Waals surface area contributed by atoms with Crippen molar-refractivity contribution in [1.29, 1.82) is 5.26 Å². The van der Waals surface area contributed by atoms with E-state index in [1.54, 1.807) is 60.7 Å². The molecule has 0 fully saturated rings. The normalized spacial score (nSPS) is 11.1. The minimum Gasteiger partial charge on any atom is -0.490 e. The van der Waals surface area contributed by atoms with E-state index in [0.717, 1.165) is 5.56 Å². The summed E-state index contributed by atoms with van der Waals surface area (Å²) < 4.78 is 11.5. The van der Waals surface area contributed by atoms with Crippen LogP contribution in [0.2, 0.25) is 15.1 Å². The van der Waals surface area contributed by atoms with E-state index in [-0.39, 0.29) is 18.3 Å². The van der Waals surface area contributed by atoms with Crippen LogP contribution in [0.4, 0.5) is 5.69 Å². The zero-order valence-electron chi connectivity index (χ0n) is 18.4. The Hall–Kier alpha value is -3.17. The first-order valence-corrected chi connectivity index (χ1v) is 11.4. The third kappa shape index (κ3) is 7.16. The zero-order chi connectivity index (χ0) is 24.7. The lowest BCUT2D eigenvalue weighted by Gasteiger charge is -2.13. The van der Waals surface area contributed by atoms with Crippen molar-refractivity contribution in [1.82, 2.24) is 0 Å². The Morgan fingerprint density at radius 1 is 1.03 bits per heavy atom. The average Bonchev–Trinajstić information content (AvgIpc) is 2.79. The summed E-state index contributed by atoms with van der Waals surface area (Å²) >= 11 is 18.2. The second kappa shape index (κ2) is 11.8. The van der Waals surface area contributed by atoms with E-state index >= 15 is 0 Å². The van der Waals surface area contributed by atoms with Crippen LogP contribution in [-0.4, -0.2) is 12.0 Å². The highest BCUT2D eigenvalue weighted by Crippen LogP contribution is 2.27. The summed E-state index contributed by atoms with van der Waals surface area (Å²) in [6.45, 7) is 4.04. The highest BCUT2D eigenvalue weighted by Gasteiger charge is 2.13. The highest BCUT2D eigenvalue weighted by molar-refractivity contribution is 6.35. The SMILES string of the molecule is CC(C)Oc1ccc(Cl)cc1/C=C(\C#N)C(=O)Nc1ccc(OCc2ccc(Cl)cc2Cl)cc1. The molecule has 0 aromatic heterocycles. The van der Waals surface area contributed by atoms with Gasteiger partial charge in [-0.1, -0.05) is 40.9 Å². The standard InChI is InChI=1S/C26H21Cl3N2O3/c1-16(2)34-25-10-5-20(27)12-18(25)11-19(14-30)26(32)31-22-6-8-23(9-7-22)33-15-17-3-4-21(28)13-24(17)29/h3-13,16H,15H2,1-2H3,(H,31,32)/b19-11+. The van der Waals surface area contributed by atoms with Gasteiger partial charge in [-0.3, -0.25) is 4.79 Å². The van der Waals surface area contributed by atoms with Gasteiger partial charge in [0, 0.05) is 31.9 Å². The Kier molecular flexibility index (Phi) is 8.84. The third-order valence-electron chi connectivity index (χ3n) is 4.52. The number of rotatable bonds is 8. The number of carbonyl (C=O) groups excluding carboxylic acids is 1. The molecule has 3 rings (SSSR count). The van der Waals surface area contributed by atoms with Gasteiger partial charge in [0.2, 0.25) is 0 Å². The van der Waals surface area contributed by atoms with E-state index in [4.69, 9.17) is 44.3 Å². The molecular weight excluding hydrogens is 495 g/mol. The van der Waals surface area contributed by atoms with Gasteiger partial charge >= 0.3 is 0 Å². The minimum absolute atomic E-state index is 0.0795. The summed E-state index contributed by atoms with van der Waals surface area (Å²) in [6.07, 6.45) is 1.37. The maximum absolute atomic E-state index is 12.7. The molecule has 0 heterocycles. The lowest BCUT2D eigenvalue weighted by atomic mass is 10.1. The number of ether oxygens (including phenoxy) is 2. The molecule has 0 saturated heterocycles. The average molecular weight is 516 g/mol. The van der Waals surface area contributed by atoms with Crippen molar-refractivity contribution in [2.45, 2.75) is 26.6 Å². The van der Waals surface area contributed by atoms with Crippen molar-refractivity contribution in [3.8, 4) is 17.6 Å². The number of carbonyl (C=O) groups is 1. The lowest BCUT2D eigenvalue weighted by Crippen LogP contribution is -2.13. The Morgan fingerprint density at radius 3 is 2.35 bits per heavy atom. The molecular formula is C26H21Cl3N2O3. The van der Waals surface area contributed by atoms with Crippen molar-refractivity contribution in [3.63, 3.8) is 0 Å². The summed E-state index contributed by atoms with van der Waals surface area (Å²) in [5, 5.41) is 13.8. The maximum atomic E-state index is 12.7. The summed E-state index contributed by atoms with van der Waals surface area (Å²) in [5.41, 5.74) is 1.76. The minimum atomic E-state index is -0.556. The lowest BCUT2D eigenvalue weighted by molar-refractivity contribution is -0.112. The molecule has 8 heteroatoms. The van der Waals surface area contributed by atoms with E-state index in [0.29, 0.717) is 37.8 Å². The summed E-state index contributed by atoms with van der Waals surface area (Å²) in [5.74, 6) is 0.566. The Morgan fingerprint density at radius 2 is 1.71 bits per heavy atom. The van der Waals surface area contributed by atoms with E-state index in [2.05, 4.69) is 5.32 Å². The van der Waals surface area contributed by atoms with E-state index in [1.807, 2.05) is 19.9 Å². The molecule has 34 heavy (non-hydrogen) atoms. The molecule has 1 N–H and O–H groups in total. The number of amides is 1. The number of nitrogens with zero attached hydrogens (tertiary/aromatic N) is 1. The number of hydrogen-bond acceptors (Lipinski definition) is 4. The fourth-order valence-electron chi connectivity index (χ4n) is 2.93. The van der Waals surface area contributed by atoms with Gasteiger partial charge in [0.05, 0.1) is 6.10 Å².